The van der Waals surface area contributed by atoms with Crippen LogP contribution in [0.3, 0.4) is 0 Å². The first-order chi connectivity index (χ1) is 11.1. The van der Waals surface area contributed by atoms with Gasteiger partial charge in [0.25, 0.3) is 0 Å². The standard InChI is InChI=1S/C18H29NO4/c1-3-5-6-16-21-12-18(11-19,13-22-16)17(20)23-15-9-7-14(4-2)8-10-15/h14-16H,3-10,12-13H2,1-2H3. The molecule has 0 aromatic carbocycles. The number of nitriles is 1. The number of rotatable bonds is 6. The average Bonchev–Trinajstić information content (AvgIpc) is 2.61. The second-order valence-corrected chi connectivity index (χ2v) is 6.84. The van der Waals surface area contributed by atoms with Crippen molar-refractivity contribution in [2.24, 2.45) is 11.3 Å². The largest absolute Gasteiger partial charge is 0.461 e. The fourth-order valence-electron chi connectivity index (χ4n) is 3.25. The fourth-order valence-corrected chi connectivity index (χ4v) is 3.25. The van der Waals surface area contributed by atoms with Crippen molar-refractivity contribution in [3.8, 4) is 6.07 Å². The number of esters is 1. The number of ether oxygens (including phenoxy) is 3. The molecule has 0 spiro atoms. The van der Waals surface area contributed by atoms with Gasteiger partial charge in [-0.2, -0.15) is 5.26 Å². The minimum absolute atomic E-state index is 0.0617. The average molecular weight is 323 g/mol. The summed E-state index contributed by atoms with van der Waals surface area (Å²) in [5, 5.41) is 9.47. The van der Waals surface area contributed by atoms with Crippen LogP contribution in [0.15, 0.2) is 0 Å². The summed E-state index contributed by atoms with van der Waals surface area (Å²) in [4.78, 5) is 12.5. The number of hydrogen-bond acceptors (Lipinski definition) is 5. The first-order valence-corrected chi connectivity index (χ1v) is 8.99. The summed E-state index contributed by atoms with van der Waals surface area (Å²) in [5.74, 6) is 0.268. The SMILES string of the molecule is CCCCC1OCC(C#N)(C(=O)OC2CCC(CC)CC2)CO1. The topological polar surface area (TPSA) is 68.5 Å². The Kier molecular flexibility index (Phi) is 6.86. The lowest BCUT2D eigenvalue weighted by Crippen LogP contribution is -2.48. The van der Waals surface area contributed by atoms with E-state index in [1.54, 1.807) is 0 Å². The van der Waals surface area contributed by atoms with Gasteiger partial charge in [-0.05, 0) is 44.4 Å². The third kappa shape index (κ3) is 4.68. The summed E-state index contributed by atoms with van der Waals surface area (Å²) in [7, 11) is 0. The highest BCUT2D eigenvalue weighted by molar-refractivity contribution is 5.80. The lowest BCUT2D eigenvalue weighted by molar-refractivity contribution is -0.228. The third-order valence-electron chi connectivity index (χ3n) is 5.07. The number of nitrogens with zero attached hydrogens (tertiary/aromatic N) is 1. The summed E-state index contributed by atoms with van der Waals surface area (Å²) < 4.78 is 16.8. The minimum Gasteiger partial charge on any atom is -0.461 e. The minimum atomic E-state index is -1.30. The van der Waals surface area contributed by atoms with Crippen LogP contribution in [0.2, 0.25) is 0 Å². The summed E-state index contributed by atoms with van der Waals surface area (Å²) in [6, 6.07) is 2.08. The third-order valence-corrected chi connectivity index (χ3v) is 5.07. The van der Waals surface area contributed by atoms with E-state index in [9.17, 15) is 10.1 Å². The molecule has 1 saturated heterocycles. The fraction of sp³-hybridized carbons (Fsp3) is 0.889. The summed E-state index contributed by atoms with van der Waals surface area (Å²) in [6.07, 6.45) is 7.68. The molecule has 1 aliphatic heterocycles. The summed E-state index contributed by atoms with van der Waals surface area (Å²) in [5.41, 5.74) is -1.30. The zero-order valence-electron chi connectivity index (χ0n) is 14.4. The van der Waals surface area contributed by atoms with Crippen LogP contribution in [0.5, 0.6) is 0 Å². The maximum absolute atomic E-state index is 12.5. The highest BCUT2D eigenvalue weighted by Crippen LogP contribution is 2.32. The van der Waals surface area contributed by atoms with Gasteiger partial charge < -0.3 is 14.2 Å². The summed E-state index contributed by atoms with van der Waals surface area (Å²) >= 11 is 0. The summed E-state index contributed by atoms with van der Waals surface area (Å²) in [6.45, 7) is 4.45. The molecule has 5 heteroatoms. The Morgan fingerprint density at radius 3 is 2.39 bits per heavy atom. The van der Waals surface area contributed by atoms with E-state index in [0.717, 1.165) is 50.9 Å². The van der Waals surface area contributed by atoms with Crippen LogP contribution in [0.1, 0.15) is 65.2 Å². The maximum Gasteiger partial charge on any atom is 0.331 e. The van der Waals surface area contributed by atoms with Gasteiger partial charge in [0.15, 0.2) is 6.29 Å². The molecule has 2 rings (SSSR count). The second kappa shape index (κ2) is 8.65. The van der Waals surface area contributed by atoms with Crippen molar-refractivity contribution in [3.63, 3.8) is 0 Å². The van der Waals surface area contributed by atoms with E-state index in [4.69, 9.17) is 14.2 Å². The highest BCUT2D eigenvalue weighted by Gasteiger charge is 2.46. The Labute approximate surface area is 139 Å². The number of unbranched alkanes of at least 4 members (excludes halogenated alkanes) is 1. The van der Waals surface area contributed by atoms with Gasteiger partial charge in [0.05, 0.1) is 19.3 Å². The van der Waals surface area contributed by atoms with E-state index < -0.39 is 11.4 Å². The Morgan fingerprint density at radius 2 is 1.87 bits per heavy atom. The van der Waals surface area contributed by atoms with Crippen molar-refractivity contribution in [2.45, 2.75) is 77.6 Å². The Hall–Kier alpha value is -1.12. The Bertz CT molecular complexity index is 415. The molecular weight excluding hydrogens is 294 g/mol. The van der Waals surface area contributed by atoms with Gasteiger partial charge in [0.1, 0.15) is 6.10 Å². The Morgan fingerprint density at radius 1 is 1.22 bits per heavy atom. The number of carbonyl (C=O) groups excluding carboxylic acids is 1. The van der Waals surface area contributed by atoms with Gasteiger partial charge in [0, 0.05) is 0 Å². The quantitative estimate of drug-likeness (QED) is 0.699. The van der Waals surface area contributed by atoms with E-state index in [-0.39, 0.29) is 25.6 Å². The first kappa shape index (κ1) is 18.2. The van der Waals surface area contributed by atoms with Crippen LogP contribution in [0.4, 0.5) is 0 Å². The Balaban J connectivity index is 1.84. The zero-order valence-corrected chi connectivity index (χ0v) is 14.4. The molecule has 130 valence electrons. The molecule has 0 amide bonds. The lowest BCUT2D eigenvalue weighted by atomic mass is 9.85. The van der Waals surface area contributed by atoms with Gasteiger partial charge in [-0.1, -0.05) is 26.7 Å². The van der Waals surface area contributed by atoms with E-state index in [1.165, 1.54) is 6.42 Å². The molecule has 2 fully saturated rings. The van der Waals surface area contributed by atoms with Crippen LogP contribution in [0, 0.1) is 22.7 Å². The van der Waals surface area contributed by atoms with Crippen LogP contribution in [-0.2, 0) is 19.0 Å². The highest BCUT2D eigenvalue weighted by atomic mass is 16.7. The second-order valence-electron chi connectivity index (χ2n) is 6.84. The van der Waals surface area contributed by atoms with Crippen molar-refractivity contribution in [3.05, 3.63) is 0 Å². The van der Waals surface area contributed by atoms with Crippen molar-refractivity contribution in [2.75, 3.05) is 13.2 Å². The normalized spacial score (nSPS) is 34.6. The van der Waals surface area contributed by atoms with Gasteiger partial charge >= 0.3 is 5.97 Å². The molecule has 0 atom stereocenters. The first-order valence-electron chi connectivity index (χ1n) is 8.99. The van der Waals surface area contributed by atoms with Crippen molar-refractivity contribution in [1.82, 2.24) is 0 Å². The molecule has 0 bridgehead atoms. The van der Waals surface area contributed by atoms with Gasteiger partial charge in [-0.15, -0.1) is 0 Å². The van der Waals surface area contributed by atoms with Gasteiger partial charge in [-0.25, -0.2) is 0 Å². The molecule has 1 saturated carbocycles. The molecule has 23 heavy (non-hydrogen) atoms. The van der Waals surface area contributed by atoms with E-state index >= 15 is 0 Å². The molecule has 2 aliphatic rings. The van der Waals surface area contributed by atoms with Crippen LogP contribution < -0.4 is 0 Å². The number of hydrogen-bond donors (Lipinski definition) is 0. The van der Waals surface area contributed by atoms with Gasteiger partial charge in [-0.3, -0.25) is 4.79 Å². The molecule has 0 radical (unpaired) electrons. The lowest BCUT2D eigenvalue weighted by Gasteiger charge is -2.35. The molecule has 0 aromatic rings. The molecule has 5 nitrogen and oxygen atoms in total. The number of carbonyl (C=O) groups is 1. The van der Waals surface area contributed by atoms with Gasteiger partial charge in [0.2, 0.25) is 5.41 Å². The molecular formula is C18H29NO4. The van der Waals surface area contributed by atoms with E-state index in [0.29, 0.717) is 0 Å². The van der Waals surface area contributed by atoms with Crippen LogP contribution in [-0.4, -0.2) is 31.6 Å². The molecule has 1 heterocycles. The maximum atomic E-state index is 12.5. The molecule has 0 unspecified atom stereocenters. The molecule has 0 N–H and O–H groups in total. The van der Waals surface area contributed by atoms with E-state index in [1.807, 2.05) is 0 Å². The monoisotopic (exact) mass is 323 g/mol. The zero-order chi connectivity index (χ0) is 16.7. The predicted molar refractivity (Wildman–Crippen MR) is 85.4 cm³/mol. The van der Waals surface area contributed by atoms with Crippen LogP contribution in [0.25, 0.3) is 0 Å². The van der Waals surface area contributed by atoms with Crippen LogP contribution >= 0.6 is 0 Å². The van der Waals surface area contributed by atoms with Crippen molar-refractivity contribution >= 4 is 5.97 Å². The predicted octanol–water partition coefficient (Wildman–Crippen LogP) is 3.57. The van der Waals surface area contributed by atoms with Crippen molar-refractivity contribution in [1.29, 1.82) is 5.26 Å². The smallest absolute Gasteiger partial charge is 0.331 e. The molecule has 1 aliphatic carbocycles. The van der Waals surface area contributed by atoms with E-state index in [2.05, 4.69) is 19.9 Å². The molecule has 0 aromatic heterocycles. The van der Waals surface area contributed by atoms with Crippen molar-refractivity contribution < 1.29 is 19.0 Å².